The van der Waals surface area contributed by atoms with Crippen LogP contribution in [-0.4, -0.2) is 18.2 Å². The average molecular weight is 344 g/mol. The van der Waals surface area contributed by atoms with Crippen molar-refractivity contribution in [2.24, 2.45) is 0 Å². The van der Waals surface area contributed by atoms with Gasteiger partial charge in [0, 0.05) is 23.1 Å². The van der Waals surface area contributed by atoms with Crippen molar-refractivity contribution in [3.63, 3.8) is 0 Å². The van der Waals surface area contributed by atoms with Crippen LogP contribution in [0.5, 0.6) is 0 Å². The van der Waals surface area contributed by atoms with Gasteiger partial charge in [0.25, 0.3) is 0 Å². The van der Waals surface area contributed by atoms with Crippen molar-refractivity contribution in [3.05, 3.63) is 54.1 Å². The van der Waals surface area contributed by atoms with Gasteiger partial charge >= 0.3 is 0 Å². The van der Waals surface area contributed by atoms with Crippen LogP contribution in [0.2, 0.25) is 0 Å². The number of carbonyl (C=O) groups excluding carboxylic acids is 1. The van der Waals surface area contributed by atoms with Gasteiger partial charge in [0.05, 0.1) is 0 Å². The summed E-state index contributed by atoms with van der Waals surface area (Å²) >= 11 is 3.48. The highest BCUT2D eigenvalue weighted by atomic mass is 79.9. The number of unbranched alkanes of at least 4 members (excludes halogenated alkanes) is 1. The molecule has 0 radical (unpaired) electrons. The lowest BCUT2D eigenvalue weighted by Crippen LogP contribution is -2.34. The molecule has 0 saturated carbocycles. The number of alkyl halides is 1. The molecule has 0 aliphatic carbocycles. The van der Waals surface area contributed by atoms with Crippen molar-refractivity contribution in [1.29, 1.82) is 0 Å². The van der Waals surface area contributed by atoms with E-state index in [0.29, 0.717) is 0 Å². The molecule has 0 amide bonds. The number of benzene rings is 2. The van der Waals surface area contributed by atoms with Crippen molar-refractivity contribution in [3.8, 4) is 11.1 Å². The van der Waals surface area contributed by atoms with E-state index in [2.05, 4.69) is 51.2 Å². The van der Waals surface area contributed by atoms with Crippen molar-refractivity contribution in [1.82, 2.24) is 0 Å². The Hall–Kier alpha value is -1.61. The molecule has 2 aromatic carbocycles. The predicted octanol–water partition coefficient (Wildman–Crippen LogP) is 4.59. The minimum atomic E-state index is -0.175. The van der Waals surface area contributed by atoms with Crippen LogP contribution in [0.4, 0.5) is 5.69 Å². The second kappa shape index (κ2) is 6.44. The molecule has 108 valence electrons. The standard InChI is InChI=1S/C18H18BrNO/c19-11-5-6-12-20-17-10-4-3-8-15(17)14-7-1-2-9-16(14)18(20)13-21/h1-4,7-10,13,18H,5-6,11-12H2. The van der Waals surface area contributed by atoms with Gasteiger partial charge in [-0.3, -0.25) is 0 Å². The molecule has 0 N–H and O–H groups in total. The summed E-state index contributed by atoms with van der Waals surface area (Å²) < 4.78 is 0. The highest BCUT2D eigenvalue weighted by molar-refractivity contribution is 9.09. The Bertz CT molecular complexity index is 641. The fourth-order valence-corrected chi connectivity index (χ4v) is 3.45. The molecule has 0 fully saturated rings. The maximum Gasteiger partial charge on any atom is 0.147 e. The molecule has 0 saturated heterocycles. The number of hydrogen-bond donors (Lipinski definition) is 0. The third-order valence-electron chi connectivity index (χ3n) is 4.03. The number of halogens is 1. The third kappa shape index (κ3) is 2.62. The molecule has 1 aliphatic rings. The van der Waals surface area contributed by atoms with Crippen molar-refractivity contribution < 1.29 is 4.79 Å². The second-order valence-corrected chi connectivity index (χ2v) is 6.07. The Labute approximate surface area is 133 Å². The first-order valence-electron chi connectivity index (χ1n) is 7.33. The second-order valence-electron chi connectivity index (χ2n) is 5.27. The Kier molecular flexibility index (Phi) is 4.39. The fourth-order valence-electron chi connectivity index (χ4n) is 3.05. The molecule has 0 aromatic heterocycles. The molecule has 1 atom stereocenters. The molecular formula is C18H18BrNO. The van der Waals surface area contributed by atoms with E-state index >= 15 is 0 Å². The van der Waals surface area contributed by atoms with Gasteiger partial charge in [-0.05, 0) is 30.0 Å². The molecule has 0 spiro atoms. The Morgan fingerprint density at radius 2 is 1.71 bits per heavy atom. The highest BCUT2D eigenvalue weighted by Crippen LogP contribution is 2.43. The van der Waals surface area contributed by atoms with Crippen LogP contribution in [0.3, 0.4) is 0 Å². The van der Waals surface area contributed by atoms with E-state index in [0.717, 1.165) is 36.6 Å². The topological polar surface area (TPSA) is 20.3 Å². The summed E-state index contributed by atoms with van der Waals surface area (Å²) in [5, 5.41) is 1.00. The fraction of sp³-hybridized carbons (Fsp3) is 0.278. The van der Waals surface area contributed by atoms with E-state index in [1.54, 1.807) is 0 Å². The van der Waals surface area contributed by atoms with E-state index in [1.807, 2.05) is 18.2 Å². The number of carbonyl (C=O) groups is 1. The lowest BCUT2D eigenvalue weighted by Gasteiger charge is -2.37. The summed E-state index contributed by atoms with van der Waals surface area (Å²) in [5.41, 5.74) is 4.69. The normalized spacial score (nSPS) is 16.2. The van der Waals surface area contributed by atoms with Gasteiger partial charge in [0.2, 0.25) is 0 Å². The number of para-hydroxylation sites is 1. The van der Waals surface area contributed by atoms with E-state index in [4.69, 9.17) is 0 Å². The smallest absolute Gasteiger partial charge is 0.147 e. The molecular weight excluding hydrogens is 326 g/mol. The van der Waals surface area contributed by atoms with E-state index in [1.165, 1.54) is 16.8 Å². The Morgan fingerprint density at radius 1 is 1.00 bits per heavy atom. The van der Waals surface area contributed by atoms with Crippen molar-refractivity contribution in [2.75, 3.05) is 16.8 Å². The van der Waals surface area contributed by atoms with Gasteiger partial charge in [-0.2, -0.15) is 0 Å². The van der Waals surface area contributed by atoms with Gasteiger partial charge < -0.3 is 9.69 Å². The minimum absolute atomic E-state index is 0.175. The average Bonchev–Trinajstić information content (AvgIpc) is 2.55. The number of nitrogens with zero attached hydrogens (tertiary/aromatic N) is 1. The summed E-state index contributed by atoms with van der Waals surface area (Å²) in [6.45, 7) is 0.903. The third-order valence-corrected chi connectivity index (χ3v) is 4.59. The summed E-state index contributed by atoms with van der Waals surface area (Å²) in [4.78, 5) is 14.0. The van der Waals surface area contributed by atoms with E-state index in [9.17, 15) is 4.79 Å². The van der Waals surface area contributed by atoms with E-state index in [-0.39, 0.29) is 6.04 Å². The zero-order chi connectivity index (χ0) is 14.7. The predicted molar refractivity (Wildman–Crippen MR) is 91.1 cm³/mol. The summed E-state index contributed by atoms with van der Waals surface area (Å²) in [6, 6.07) is 16.4. The molecule has 1 heterocycles. The minimum Gasteiger partial charge on any atom is -0.357 e. The zero-order valence-corrected chi connectivity index (χ0v) is 13.4. The molecule has 1 unspecified atom stereocenters. The highest BCUT2D eigenvalue weighted by Gasteiger charge is 2.29. The number of fused-ring (bicyclic) bond motifs is 3. The van der Waals surface area contributed by atoms with Crippen molar-refractivity contribution in [2.45, 2.75) is 18.9 Å². The first-order chi connectivity index (χ1) is 10.4. The quantitative estimate of drug-likeness (QED) is 0.449. The van der Waals surface area contributed by atoms with Crippen LogP contribution >= 0.6 is 15.9 Å². The molecule has 3 rings (SSSR count). The van der Waals surface area contributed by atoms with Gasteiger partial charge in [0.15, 0.2) is 0 Å². The molecule has 21 heavy (non-hydrogen) atoms. The zero-order valence-electron chi connectivity index (χ0n) is 11.8. The van der Waals surface area contributed by atoms with Gasteiger partial charge in [0.1, 0.15) is 12.3 Å². The molecule has 3 heteroatoms. The van der Waals surface area contributed by atoms with Crippen LogP contribution in [-0.2, 0) is 4.79 Å². The maximum absolute atomic E-state index is 11.7. The maximum atomic E-state index is 11.7. The Morgan fingerprint density at radius 3 is 2.48 bits per heavy atom. The SMILES string of the molecule is O=CC1c2ccccc2-c2ccccc2N1CCCCBr. The van der Waals surface area contributed by atoms with E-state index < -0.39 is 0 Å². The summed E-state index contributed by atoms with van der Waals surface area (Å²) in [7, 11) is 0. The number of anilines is 1. The largest absolute Gasteiger partial charge is 0.357 e. The molecule has 0 bridgehead atoms. The lowest BCUT2D eigenvalue weighted by molar-refractivity contribution is -0.109. The van der Waals surface area contributed by atoms with Gasteiger partial charge in [-0.1, -0.05) is 58.4 Å². The van der Waals surface area contributed by atoms with Crippen LogP contribution in [0.1, 0.15) is 24.4 Å². The molecule has 2 nitrogen and oxygen atoms in total. The van der Waals surface area contributed by atoms with Gasteiger partial charge in [-0.15, -0.1) is 0 Å². The van der Waals surface area contributed by atoms with Crippen molar-refractivity contribution >= 4 is 27.9 Å². The first-order valence-corrected chi connectivity index (χ1v) is 8.45. The number of hydrogen-bond acceptors (Lipinski definition) is 2. The number of rotatable bonds is 5. The van der Waals surface area contributed by atoms with Crippen LogP contribution in [0, 0.1) is 0 Å². The monoisotopic (exact) mass is 343 g/mol. The van der Waals surface area contributed by atoms with Crippen LogP contribution in [0.15, 0.2) is 48.5 Å². The van der Waals surface area contributed by atoms with Gasteiger partial charge in [-0.25, -0.2) is 0 Å². The summed E-state index contributed by atoms with van der Waals surface area (Å²) in [6.07, 6.45) is 3.26. The first kappa shape index (κ1) is 14.3. The molecule has 1 aliphatic heterocycles. The van der Waals surface area contributed by atoms with Crippen LogP contribution in [0.25, 0.3) is 11.1 Å². The van der Waals surface area contributed by atoms with Crippen LogP contribution < -0.4 is 4.90 Å². The Balaban J connectivity index is 2.07. The molecule has 2 aromatic rings. The summed E-state index contributed by atoms with van der Waals surface area (Å²) in [5.74, 6) is 0. The lowest BCUT2D eigenvalue weighted by atomic mass is 9.88. The number of aldehydes is 1.